The molecule has 4 atom stereocenters. The van der Waals surface area contributed by atoms with Gasteiger partial charge in [0.2, 0.25) is 0 Å². The summed E-state index contributed by atoms with van der Waals surface area (Å²) in [7, 11) is -3.94. The van der Waals surface area contributed by atoms with Gasteiger partial charge in [-0.15, -0.1) is 0 Å². The molecule has 2 aromatic heterocycles. The van der Waals surface area contributed by atoms with Gasteiger partial charge in [-0.2, -0.15) is 0 Å². The van der Waals surface area contributed by atoms with Crippen molar-refractivity contribution >= 4 is 21.4 Å². The van der Waals surface area contributed by atoms with E-state index in [2.05, 4.69) is 15.3 Å². The lowest BCUT2D eigenvalue weighted by Gasteiger charge is -2.45. The molecule has 208 valence electrons. The van der Waals surface area contributed by atoms with Crippen molar-refractivity contribution in [3.05, 3.63) is 71.4 Å². The van der Waals surface area contributed by atoms with E-state index in [1.165, 1.54) is 12.4 Å². The molecule has 1 amide bonds. The van der Waals surface area contributed by atoms with Crippen molar-refractivity contribution in [2.45, 2.75) is 55.4 Å². The number of carbonyl (C=O) groups is 1. The van der Waals surface area contributed by atoms with Crippen LogP contribution in [0.1, 0.15) is 48.8 Å². The molecule has 0 saturated carbocycles. The van der Waals surface area contributed by atoms with E-state index in [9.17, 15) is 31.5 Å². The quantitative estimate of drug-likeness (QED) is 0.413. The maximum atomic E-state index is 14.7. The lowest BCUT2D eigenvalue weighted by atomic mass is 9.80. The van der Waals surface area contributed by atoms with Crippen LogP contribution in [0.4, 0.5) is 18.9 Å². The third-order valence-corrected chi connectivity index (χ3v) is 8.05. The van der Waals surface area contributed by atoms with E-state index in [0.29, 0.717) is 24.1 Å². The second kappa shape index (κ2) is 10.6. The Hall–Kier alpha value is -3.39. The molecule has 13 heteroatoms. The second-order valence-electron chi connectivity index (χ2n) is 9.43. The molecule has 3 aromatic rings. The molecule has 0 spiro atoms. The molecule has 1 aromatic carbocycles. The highest BCUT2D eigenvalue weighted by Gasteiger charge is 2.46. The van der Waals surface area contributed by atoms with Crippen LogP contribution in [0.25, 0.3) is 11.3 Å². The molecule has 4 N–H and O–H groups in total. The Bertz CT molecular complexity index is 1500. The number of ether oxygens (including phenoxy) is 1. The van der Waals surface area contributed by atoms with Gasteiger partial charge in [-0.1, -0.05) is 6.92 Å². The summed E-state index contributed by atoms with van der Waals surface area (Å²) in [5, 5.41) is 13.4. The molecule has 0 unspecified atom stereocenters. The van der Waals surface area contributed by atoms with Gasteiger partial charge in [0.05, 0.1) is 34.6 Å². The van der Waals surface area contributed by atoms with E-state index in [4.69, 9.17) is 10.5 Å². The fraction of sp³-hybridized carbons (Fsp3) is 0.346. The van der Waals surface area contributed by atoms with Crippen LogP contribution in [0, 0.1) is 17.5 Å². The molecule has 1 aliphatic heterocycles. The van der Waals surface area contributed by atoms with Crippen molar-refractivity contribution in [2.24, 2.45) is 5.73 Å². The van der Waals surface area contributed by atoms with Gasteiger partial charge in [-0.05, 0) is 50.1 Å². The molecule has 3 heterocycles. The Labute approximate surface area is 223 Å². The number of sulfone groups is 1. The van der Waals surface area contributed by atoms with Crippen LogP contribution in [-0.4, -0.2) is 53.4 Å². The highest BCUT2D eigenvalue weighted by Crippen LogP contribution is 2.40. The number of nitrogens with zero attached hydrogens (tertiary/aromatic N) is 2. The summed E-state index contributed by atoms with van der Waals surface area (Å²) >= 11 is 0. The lowest BCUT2D eigenvalue weighted by molar-refractivity contribution is -0.181. The zero-order chi connectivity index (χ0) is 28.7. The number of aromatic nitrogens is 2. The first-order valence-electron chi connectivity index (χ1n) is 12.0. The molecule has 39 heavy (non-hydrogen) atoms. The summed E-state index contributed by atoms with van der Waals surface area (Å²) in [6.07, 6.45) is 3.07. The van der Waals surface area contributed by atoms with Gasteiger partial charge in [0.15, 0.2) is 9.84 Å². The molecule has 1 fully saturated rings. The highest BCUT2D eigenvalue weighted by molar-refractivity contribution is 7.90. The van der Waals surface area contributed by atoms with E-state index in [0.717, 1.165) is 18.4 Å². The summed E-state index contributed by atoms with van der Waals surface area (Å²) in [5.74, 6) is -4.68. The Balaban J connectivity index is 1.65. The number of hydrogen-bond acceptors (Lipinski definition) is 8. The molecule has 1 saturated heterocycles. The van der Waals surface area contributed by atoms with E-state index in [1.807, 2.05) is 0 Å². The number of pyridine rings is 2. The summed E-state index contributed by atoms with van der Waals surface area (Å²) in [6.45, 7) is 3.51. The maximum Gasteiger partial charge on any atom is 0.274 e. The molecular formula is C26H27F3N4O5S. The highest BCUT2D eigenvalue weighted by atomic mass is 32.2. The number of nitrogens with one attached hydrogen (secondary N) is 1. The molecule has 4 rings (SSSR count). The van der Waals surface area contributed by atoms with Gasteiger partial charge >= 0.3 is 0 Å². The third-order valence-electron chi connectivity index (χ3n) is 6.96. The van der Waals surface area contributed by atoms with Crippen molar-refractivity contribution in [2.75, 3.05) is 11.6 Å². The first kappa shape index (κ1) is 28.6. The summed E-state index contributed by atoms with van der Waals surface area (Å²) in [6, 6.07) is 3.97. The van der Waals surface area contributed by atoms with E-state index in [-0.39, 0.29) is 17.8 Å². The van der Waals surface area contributed by atoms with Crippen molar-refractivity contribution in [1.82, 2.24) is 9.97 Å². The second-order valence-corrected chi connectivity index (χ2v) is 11.4. The SMILES string of the molecule is CC[C@]1(O)[C@H](N)C[C@H](c2ccncc2NC(=O)c2ccc(F)c(-c3c(F)cc(S(C)(=O)=O)cc3F)n2)O[C@@H]1C. The third kappa shape index (κ3) is 5.53. The maximum absolute atomic E-state index is 14.7. The van der Waals surface area contributed by atoms with Gasteiger partial charge in [0, 0.05) is 24.1 Å². The molecular weight excluding hydrogens is 537 g/mol. The number of benzene rings is 1. The largest absolute Gasteiger partial charge is 0.386 e. The predicted octanol–water partition coefficient (Wildman–Crippen LogP) is 3.54. The first-order chi connectivity index (χ1) is 18.3. The fourth-order valence-corrected chi connectivity index (χ4v) is 5.25. The minimum atomic E-state index is -3.94. The molecule has 9 nitrogen and oxygen atoms in total. The number of anilines is 1. The number of rotatable bonds is 6. The summed E-state index contributed by atoms with van der Waals surface area (Å²) < 4.78 is 73.5. The zero-order valence-corrected chi connectivity index (χ0v) is 22.1. The monoisotopic (exact) mass is 564 g/mol. The van der Waals surface area contributed by atoms with Gasteiger partial charge in [-0.3, -0.25) is 9.78 Å². The van der Waals surface area contributed by atoms with Crippen LogP contribution >= 0.6 is 0 Å². The normalized spacial score (nSPS) is 23.4. The number of halogens is 3. The molecule has 0 bridgehead atoms. The van der Waals surface area contributed by atoms with Crippen LogP contribution in [0.5, 0.6) is 0 Å². The van der Waals surface area contributed by atoms with Crippen LogP contribution in [0.3, 0.4) is 0 Å². The van der Waals surface area contributed by atoms with Gasteiger partial charge in [0.25, 0.3) is 5.91 Å². The molecule has 0 radical (unpaired) electrons. The van der Waals surface area contributed by atoms with Crippen molar-refractivity contribution in [3.8, 4) is 11.3 Å². The minimum Gasteiger partial charge on any atom is -0.386 e. The number of nitrogens with two attached hydrogens (primary N) is 1. The van der Waals surface area contributed by atoms with Crippen molar-refractivity contribution in [1.29, 1.82) is 0 Å². The van der Waals surface area contributed by atoms with Crippen LogP contribution in [0.2, 0.25) is 0 Å². The van der Waals surface area contributed by atoms with E-state index in [1.54, 1.807) is 19.9 Å². The van der Waals surface area contributed by atoms with Crippen LogP contribution < -0.4 is 11.1 Å². The fourth-order valence-electron chi connectivity index (χ4n) is 4.62. The Morgan fingerprint density at radius 2 is 1.87 bits per heavy atom. The predicted molar refractivity (Wildman–Crippen MR) is 136 cm³/mol. The number of hydrogen-bond donors (Lipinski definition) is 3. The number of amides is 1. The topological polar surface area (TPSA) is 144 Å². The molecule has 1 aliphatic rings. The molecule has 0 aliphatic carbocycles. The Kier molecular flexibility index (Phi) is 7.81. The number of carbonyl (C=O) groups excluding carboxylic acids is 1. The lowest BCUT2D eigenvalue weighted by Crippen LogP contribution is -2.59. The minimum absolute atomic E-state index is 0.233. The summed E-state index contributed by atoms with van der Waals surface area (Å²) in [4.78, 5) is 20.3. The van der Waals surface area contributed by atoms with Gasteiger partial charge in [0.1, 0.15) is 34.4 Å². The Morgan fingerprint density at radius 1 is 1.21 bits per heavy atom. The van der Waals surface area contributed by atoms with Gasteiger partial charge in [-0.25, -0.2) is 26.6 Å². The van der Waals surface area contributed by atoms with Gasteiger partial charge < -0.3 is 20.9 Å². The first-order valence-corrected chi connectivity index (χ1v) is 13.9. The summed E-state index contributed by atoms with van der Waals surface area (Å²) in [5.41, 5.74) is 3.70. The average Bonchev–Trinajstić information content (AvgIpc) is 2.87. The zero-order valence-electron chi connectivity index (χ0n) is 21.3. The average molecular weight is 565 g/mol. The van der Waals surface area contributed by atoms with Crippen molar-refractivity contribution in [3.63, 3.8) is 0 Å². The van der Waals surface area contributed by atoms with Crippen molar-refractivity contribution < 1.29 is 36.2 Å². The van der Waals surface area contributed by atoms with Crippen LogP contribution in [-0.2, 0) is 14.6 Å². The number of aliphatic hydroxyl groups is 1. The Morgan fingerprint density at radius 3 is 2.46 bits per heavy atom. The van der Waals surface area contributed by atoms with E-state index >= 15 is 0 Å². The smallest absolute Gasteiger partial charge is 0.274 e. The standard InChI is InChI=1S/C26H27F3N4O5S/c1-4-26(35)13(2)38-21(11-22(26)30)15-7-8-31-12-20(15)33-25(34)19-6-5-16(27)24(32-19)23-17(28)9-14(10-18(23)29)39(3,36)37/h5-10,12-13,21-22,35H,4,11,30H2,1-3H3,(H,33,34)/t13-,21-,22-,26-/m1/s1. The van der Waals surface area contributed by atoms with Crippen LogP contribution in [0.15, 0.2) is 47.6 Å². The van der Waals surface area contributed by atoms with E-state index < -0.39 is 73.2 Å².